The van der Waals surface area contributed by atoms with Crippen LogP contribution in [0.5, 0.6) is 0 Å². The standard InChI is InChI=1S/C14H16N2OS2/c1-9-5-4-6-10(2)13(9)16-12(17)8-19-14-15-11(3)7-18-14/h4-7H,8H2,1-3H3,(H,16,17). The zero-order valence-corrected chi connectivity index (χ0v) is 12.8. The van der Waals surface area contributed by atoms with Gasteiger partial charge in [0.25, 0.3) is 0 Å². The molecule has 100 valence electrons. The maximum Gasteiger partial charge on any atom is 0.234 e. The number of aryl methyl sites for hydroxylation is 3. The average molecular weight is 292 g/mol. The van der Waals surface area contributed by atoms with Gasteiger partial charge in [0.1, 0.15) is 0 Å². The number of thiazole rings is 1. The minimum atomic E-state index is 0.00949. The number of anilines is 1. The number of thioether (sulfide) groups is 1. The van der Waals surface area contributed by atoms with E-state index in [0.29, 0.717) is 5.75 Å². The van der Waals surface area contributed by atoms with Gasteiger partial charge in [-0.15, -0.1) is 11.3 Å². The fourth-order valence-corrected chi connectivity index (χ4v) is 3.36. The van der Waals surface area contributed by atoms with Crippen LogP contribution >= 0.6 is 23.1 Å². The second-order valence-corrected chi connectivity index (χ2v) is 6.44. The van der Waals surface area contributed by atoms with Crippen LogP contribution in [0.4, 0.5) is 5.69 Å². The number of carbonyl (C=O) groups is 1. The van der Waals surface area contributed by atoms with E-state index < -0.39 is 0 Å². The normalized spacial score (nSPS) is 10.5. The van der Waals surface area contributed by atoms with E-state index in [1.54, 1.807) is 11.3 Å². The third-order valence-electron chi connectivity index (χ3n) is 2.67. The zero-order chi connectivity index (χ0) is 13.8. The van der Waals surface area contributed by atoms with Gasteiger partial charge in [0.15, 0.2) is 4.34 Å². The van der Waals surface area contributed by atoms with E-state index in [1.807, 2.05) is 44.4 Å². The Morgan fingerprint density at radius 3 is 2.58 bits per heavy atom. The van der Waals surface area contributed by atoms with E-state index in [9.17, 15) is 4.79 Å². The molecule has 1 aromatic heterocycles. The summed E-state index contributed by atoms with van der Waals surface area (Å²) in [6, 6.07) is 5.99. The van der Waals surface area contributed by atoms with Crippen LogP contribution in [-0.4, -0.2) is 16.6 Å². The van der Waals surface area contributed by atoms with Crippen molar-refractivity contribution < 1.29 is 4.79 Å². The Hall–Kier alpha value is -1.33. The lowest BCUT2D eigenvalue weighted by Crippen LogP contribution is -2.15. The minimum Gasteiger partial charge on any atom is -0.325 e. The molecule has 0 saturated heterocycles. The molecule has 0 fully saturated rings. The van der Waals surface area contributed by atoms with Crippen molar-refractivity contribution in [3.05, 3.63) is 40.4 Å². The lowest BCUT2D eigenvalue weighted by molar-refractivity contribution is -0.113. The summed E-state index contributed by atoms with van der Waals surface area (Å²) >= 11 is 3.05. The van der Waals surface area contributed by atoms with Crippen LogP contribution in [0.15, 0.2) is 27.9 Å². The largest absolute Gasteiger partial charge is 0.325 e. The number of para-hydroxylation sites is 1. The maximum atomic E-state index is 11.9. The molecule has 2 aromatic rings. The molecule has 0 aliphatic rings. The van der Waals surface area contributed by atoms with Crippen LogP contribution < -0.4 is 5.32 Å². The Morgan fingerprint density at radius 2 is 2.00 bits per heavy atom. The van der Waals surface area contributed by atoms with Gasteiger partial charge >= 0.3 is 0 Å². The highest BCUT2D eigenvalue weighted by atomic mass is 32.2. The summed E-state index contributed by atoms with van der Waals surface area (Å²) < 4.78 is 0.939. The Morgan fingerprint density at radius 1 is 1.32 bits per heavy atom. The number of amides is 1. The van der Waals surface area contributed by atoms with Crippen molar-refractivity contribution in [2.45, 2.75) is 25.1 Å². The molecule has 19 heavy (non-hydrogen) atoms. The third kappa shape index (κ3) is 3.81. The molecule has 0 bridgehead atoms. The summed E-state index contributed by atoms with van der Waals surface area (Å²) in [5.41, 5.74) is 4.10. The van der Waals surface area contributed by atoms with Crippen molar-refractivity contribution in [1.29, 1.82) is 0 Å². The summed E-state index contributed by atoms with van der Waals surface area (Å²) in [6.07, 6.45) is 0. The number of aromatic nitrogens is 1. The SMILES string of the molecule is Cc1csc(SCC(=O)Nc2c(C)cccc2C)n1. The first-order valence-electron chi connectivity index (χ1n) is 5.97. The van der Waals surface area contributed by atoms with E-state index in [0.717, 1.165) is 26.8 Å². The van der Waals surface area contributed by atoms with Gasteiger partial charge in [-0.3, -0.25) is 4.79 Å². The van der Waals surface area contributed by atoms with Gasteiger partial charge in [0, 0.05) is 16.8 Å². The second-order valence-electron chi connectivity index (χ2n) is 4.36. The number of rotatable bonds is 4. The van der Waals surface area contributed by atoms with Crippen LogP contribution in [0, 0.1) is 20.8 Å². The molecule has 0 atom stereocenters. The fourth-order valence-electron chi connectivity index (χ4n) is 1.71. The van der Waals surface area contributed by atoms with Crippen molar-refractivity contribution in [3.63, 3.8) is 0 Å². The van der Waals surface area contributed by atoms with Gasteiger partial charge < -0.3 is 5.32 Å². The topological polar surface area (TPSA) is 42.0 Å². The monoisotopic (exact) mass is 292 g/mol. The van der Waals surface area contributed by atoms with E-state index >= 15 is 0 Å². The molecule has 0 aliphatic heterocycles. The van der Waals surface area contributed by atoms with Crippen molar-refractivity contribution >= 4 is 34.7 Å². The molecule has 1 aromatic carbocycles. The van der Waals surface area contributed by atoms with Gasteiger partial charge in [-0.25, -0.2) is 4.98 Å². The first-order chi connectivity index (χ1) is 9.06. The molecule has 1 N–H and O–H groups in total. The molecule has 0 unspecified atom stereocenters. The van der Waals surface area contributed by atoms with Gasteiger partial charge in [-0.1, -0.05) is 30.0 Å². The van der Waals surface area contributed by atoms with Crippen LogP contribution in [0.25, 0.3) is 0 Å². The number of carbonyl (C=O) groups excluding carboxylic acids is 1. The molecule has 3 nitrogen and oxygen atoms in total. The fraction of sp³-hybridized carbons (Fsp3) is 0.286. The molecule has 0 saturated carbocycles. The lowest BCUT2D eigenvalue weighted by Gasteiger charge is -2.10. The maximum absolute atomic E-state index is 11.9. The molecule has 0 spiro atoms. The predicted octanol–water partition coefficient (Wildman–Crippen LogP) is 3.80. The summed E-state index contributed by atoms with van der Waals surface area (Å²) in [5.74, 6) is 0.399. The highest BCUT2D eigenvalue weighted by Gasteiger charge is 2.09. The van der Waals surface area contributed by atoms with Crippen LogP contribution in [-0.2, 0) is 4.79 Å². The number of benzene rings is 1. The van der Waals surface area contributed by atoms with E-state index in [1.165, 1.54) is 11.8 Å². The average Bonchev–Trinajstić information content (AvgIpc) is 2.77. The van der Waals surface area contributed by atoms with Gasteiger partial charge in [0.2, 0.25) is 5.91 Å². The first-order valence-corrected chi connectivity index (χ1v) is 7.84. The Balaban J connectivity index is 1.94. The van der Waals surface area contributed by atoms with Gasteiger partial charge in [0.05, 0.1) is 5.75 Å². The Kier molecular flexibility index (Phi) is 4.61. The Labute approximate surface area is 121 Å². The first kappa shape index (κ1) is 14.1. The molecule has 1 amide bonds. The molecular weight excluding hydrogens is 276 g/mol. The summed E-state index contributed by atoms with van der Waals surface area (Å²) in [5, 5.41) is 4.96. The summed E-state index contributed by atoms with van der Waals surface area (Å²) in [6.45, 7) is 5.96. The smallest absolute Gasteiger partial charge is 0.234 e. The van der Waals surface area contributed by atoms with E-state index in [2.05, 4.69) is 10.3 Å². The highest BCUT2D eigenvalue weighted by Crippen LogP contribution is 2.23. The van der Waals surface area contributed by atoms with Crippen LogP contribution in [0.2, 0.25) is 0 Å². The zero-order valence-electron chi connectivity index (χ0n) is 11.2. The molecular formula is C14H16N2OS2. The molecule has 5 heteroatoms. The van der Waals surface area contributed by atoms with Crippen LogP contribution in [0.1, 0.15) is 16.8 Å². The van der Waals surface area contributed by atoms with E-state index in [4.69, 9.17) is 0 Å². The molecule has 0 aliphatic carbocycles. The second kappa shape index (κ2) is 6.21. The van der Waals surface area contributed by atoms with Crippen molar-refractivity contribution in [2.24, 2.45) is 0 Å². The molecule has 0 radical (unpaired) electrons. The van der Waals surface area contributed by atoms with Crippen molar-refractivity contribution in [3.8, 4) is 0 Å². The van der Waals surface area contributed by atoms with Crippen molar-refractivity contribution in [2.75, 3.05) is 11.1 Å². The molecule has 2 rings (SSSR count). The van der Waals surface area contributed by atoms with Crippen molar-refractivity contribution in [1.82, 2.24) is 4.98 Å². The minimum absolute atomic E-state index is 0.00949. The number of nitrogens with zero attached hydrogens (tertiary/aromatic N) is 1. The summed E-state index contributed by atoms with van der Waals surface area (Å²) in [4.78, 5) is 16.3. The predicted molar refractivity (Wildman–Crippen MR) is 82.1 cm³/mol. The number of nitrogens with one attached hydrogen (secondary N) is 1. The third-order valence-corrected chi connectivity index (χ3v) is 4.81. The Bertz CT molecular complexity index is 573. The quantitative estimate of drug-likeness (QED) is 0.872. The van der Waals surface area contributed by atoms with Gasteiger partial charge in [-0.05, 0) is 31.9 Å². The van der Waals surface area contributed by atoms with E-state index in [-0.39, 0.29) is 5.91 Å². The lowest BCUT2D eigenvalue weighted by atomic mass is 10.1. The number of hydrogen-bond acceptors (Lipinski definition) is 4. The highest BCUT2D eigenvalue weighted by molar-refractivity contribution is 8.01. The molecule has 1 heterocycles. The number of hydrogen-bond donors (Lipinski definition) is 1. The van der Waals surface area contributed by atoms with Crippen LogP contribution in [0.3, 0.4) is 0 Å². The summed E-state index contributed by atoms with van der Waals surface area (Å²) in [7, 11) is 0. The van der Waals surface area contributed by atoms with Gasteiger partial charge in [-0.2, -0.15) is 0 Å².